The fourth-order valence-electron chi connectivity index (χ4n) is 3.10. The maximum atomic E-state index is 13.3. The molecular formula is C18H25N3O4S2. The lowest BCUT2D eigenvalue weighted by atomic mass is 9.93. The van der Waals surface area contributed by atoms with Gasteiger partial charge < -0.3 is 10.1 Å². The molecule has 0 saturated heterocycles. The lowest BCUT2D eigenvalue weighted by molar-refractivity contribution is -0.130. The second-order valence-electron chi connectivity index (χ2n) is 6.50. The minimum Gasteiger partial charge on any atom is -0.494 e. The Balaban J connectivity index is 2.37. The van der Waals surface area contributed by atoms with E-state index < -0.39 is 15.9 Å². The second-order valence-corrected chi connectivity index (χ2v) is 7.50. The smallest absolute Gasteiger partial charge is 0.316 e. The van der Waals surface area contributed by atoms with E-state index in [0.717, 1.165) is 24.8 Å². The van der Waals surface area contributed by atoms with Crippen LogP contribution in [-0.2, 0) is 20.7 Å². The zero-order valence-electron chi connectivity index (χ0n) is 15.8. The van der Waals surface area contributed by atoms with Gasteiger partial charge in [-0.15, -0.1) is 4.36 Å². The normalized spacial score (nSPS) is 14.2. The van der Waals surface area contributed by atoms with Gasteiger partial charge in [0.05, 0.1) is 12.5 Å². The summed E-state index contributed by atoms with van der Waals surface area (Å²) < 4.78 is 30.8. The zero-order chi connectivity index (χ0) is 20.0. The highest BCUT2D eigenvalue weighted by Crippen LogP contribution is 2.51. The van der Waals surface area contributed by atoms with Crippen LogP contribution in [0, 0.1) is 0 Å². The molecule has 2 rings (SSSR count). The van der Waals surface area contributed by atoms with Gasteiger partial charge >= 0.3 is 10.5 Å². The van der Waals surface area contributed by atoms with Crippen LogP contribution in [0.3, 0.4) is 0 Å². The molecule has 1 amide bonds. The third-order valence-electron chi connectivity index (χ3n) is 4.75. The summed E-state index contributed by atoms with van der Waals surface area (Å²) in [5.74, 6) is 0.286. The molecule has 7 nitrogen and oxygen atoms in total. The topological polar surface area (TPSA) is 88.1 Å². The van der Waals surface area contributed by atoms with Crippen molar-refractivity contribution in [3.63, 3.8) is 0 Å². The van der Waals surface area contributed by atoms with Crippen LogP contribution in [0.2, 0.25) is 0 Å². The Morgan fingerprint density at radius 2 is 2.07 bits per heavy atom. The van der Waals surface area contributed by atoms with E-state index in [1.54, 1.807) is 30.1 Å². The first-order valence-corrected chi connectivity index (χ1v) is 10.4. The molecule has 0 bridgehead atoms. The number of rotatable bonds is 8. The molecule has 1 aromatic rings. The standard InChI is InChI=1S/C18H25N3O4S2/c1-4-5-6-11-21(17(26)19-2)16(22)18(9-10-18)13-7-8-15(25-3)14(12-13)20-27(23)24/h7-8,12H,4-6,9-11H2,1-3H3,(H,19,26). The van der Waals surface area contributed by atoms with Crippen molar-refractivity contribution in [1.82, 2.24) is 10.2 Å². The van der Waals surface area contributed by atoms with Gasteiger partial charge in [0.25, 0.3) is 0 Å². The molecule has 0 atom stereocenters. The lowest BCUT2D eigenvalue weighted by Crippen LogP contribution is -2.47. The highest BCUT2D eigenvalue weighted by molar-refractivity contribution is 7.80. The predicted molar refractivity (Wildman–Crippen MR) is 108 cm³/mol. The first kappa shape index (κ1) is 21.3. The number of thiocarbonyl (C=S) groups is 1. The van der Waals surface area contributed by atoms with Crippen molar-refractivity contribution < 1.29 is 17.9 Å². The van der Waals surface area contributed by atoms with Crippen LogP contribution in [0.15, 0.2) is 22.6 Å². The van der Waals surface area contributed by atoms with Crippen molar-refractivity contribution in [3.8, 4) is 5.75 Å². The molecule has 0 unspecified atom stereocenters. The van der Waals surface area contributed by atoms with Crippen LogP contribution < -0.4 is 10.1 Å². The summed E-state index contributed by atoms with van der Waals surface area (Å²) in [6.07, 6.45) is 4.32. The minimum absolute atomic E-state index is 0.0580. The Bertz CT molecular complexity index is 840. The molecule has 0 radical (unpaired) electrons. The van der Waals surface area contributed by atoms with Gasteiger partial charge in [-0.05, 0) is 49.2 Å². The van der Waals surface area contributed by atoms with E-state index in [9.17, 15) is 13.2 Å². The Kier molecular flexibility index (Phi) is 7.32. The van der Waals surface area contributed by atoms with E-state index in [1.165, 1.54) is 7.11 Å². The van der Waals surface area contributed by atoms with Gasteiger partial charge in [0.1, 0.15) is 11.4 Å². The Morgan fingerprint density at radius 1 is 1.37 bits per heavy atom. The van der Waals surface area contributed by atoms with Crippen molar-refractivity contribution in [3.05, 3.63) is 23.8 Å². The molecule has 1 saturated carbocycles. The first-order valence-electron chi connectivity index (χ1n) is 8.93. The van der Waals surface area contributed by atoms with E-state index >= 15 is 0 Å². The number of benzene rings is 1. The molecule has 1 aromatic carbocycles. The molecule has 148 valence electrons. The summed E-state index contributed by atoms with van der Waals surface area (Å²) in [6, 6.07) is 5.06. The van der Waals surface area contributed by atoms with Gasteiger partial charge in [0.2, 0.25) is 5.91 Å². The number of nitrogens with zero attached hydrogens (tertiary/aromatic N) is 2. The molecule has 1 N–H and O–H groups in total. The van der Waals surface area contributed by atoms with Crippen LogP contribution in [0.1, 0.15) is 44.6 Å². The number of amides is 1. The number of ether oxygens (including phenoxy) is 1. The van der Waals surface area contributed by atoms with E-state index in [1.807, 2.05) is 0 Å². The van der Waals surface area contributed by atoms with Crippen LogP contribution in [0.5, 0.6) is 5.75 Å². The summed E-state index contributed by atoms with van der Waals surface area (Å²) in [7, 11) is 0.541. The first-order chi connectivity index (χ1) is 12.9. The number of carbonyl (C=O) groups is 1. The summed E-state index contributed by atoms with van der Waals surface area (Å²) in [6.45, 7) is 2.67. The van der Waals surface area contributed by atoms with Crippen LogP contribution >= 0.6 is 12.2 Å². The zero-order valence-corrected chi connectivity index (χ0v) is 17.5. The fraction of sp³-hybridized carbons (Fsp3) is 0.556. The van der Waals surface area contributed by atoms with Gasteiger partial charge in [-0.25, -0.2) is 0 Å². The maximum absolute atomic E-state index is 13.3. The number of hydrogen-bond acceptors (Lipinski definition) is 6. The minimum atomic E-state index is -2.61. The summed E-state index contributed by atoms with van der Waals surface area (Å²) in [5, 5.41) is 3.30. The van der Waals surface area contributed by atoms with Crippen LogP contribution in [0.4, 0.5) is 5.69 Å². The van der Waals surface area contributed by atoms with Gasteiger partial charge in [-0.3, -0.25) is 9.69 Å². The SMILES string of the molecule is CCCCCN(C(=O)C1(c2ccc(OC)c(N=S(=O)=O)c2)CC1)C(=S)NC. The van der Waals surface area contributed by atoms with Gasteiger partial charge in [0.15, 0.2) is 5.11 Å². The van der Waals surface area contributed by atoms with Crippen LogP contribution in [0.25, 0.3) is 0 Å². The summed E-state index contributed by atoms with van der Waals surface area (Å²) in [4.78, 5) is 15.0. The number of methoxy groups -OCH3 is 1. The molecule has 1 aliphatic rings. The van der Waals surface area contributed by atoms with Crippen molar-refractivity contribution in [2.75, 3.05) is 20.7 Å². The number of unbranched alkanes of at least 4 members (excludes halogenated alkanes) is 2. The van der Waals surface area contributed by atoms with E-state index in [4.69, 9.17) is 17.0 Å². The molecule has 0 spiro atoms. The summed E-state index contributed by atoms with van der Waals surface area (Å²) >= 11 is 5.35. The van der Waals surface area contributed by atoms with E-state index in [0.29, 0.717) is 30.2 Å². The number of carbonyl (C=O) groups excluding carboxylic acids is 1. The van der Waals surface area contributed by atoms with E-state index in [-0.39, 0.29) is 11.6 Å². The monoisotopic (exact) mass is 411 g/mol. The van der Waals surface area contributed by atoms with Crippen molar-refractivity contribution in [2.45, 2.75) is 44.4 Å². The lowest BCUT2D eigenvalue weighted by Gasteiger charge is -2.28. The quantitative estimate of drug-likeness (QED) is 0.523. The Hall–Kier alpha value is -2.00. The highest BCUT2D eigenvalue weighted by atomic mass is 32.2. The number of nitrogens with one attached hydrogen (secondary N) is 1. The Morgan fingerprint density at radius 3 is 2.59 bits per heavy atom. The van der Waals surface area contributed by atoms with Gasteiger partial charge in [-0.2, -0.15) is 8.42 Å². The maximum Gasteiger partial charge on any atom is 0.316 e. The molecular weight excluding hydrogens is 386 g/mol. The average molecular weight is 412 g/mol. The highest BCUT2D eigenvalue weighted by Gasteiger charge is 2.53. The van der Waals surface area contributed by atoms with Crippen molar-refractivity contribution in [1.29, 1.82) is 0 Å². The largest absolute Gasteiger partial charge is 0.494 e. The van der Waals surface area contributed by atoms with Gasteiger partial charge in [0, 0.05) is 13.6 Å². The second kappa shape index (κ2) is 9.27. The molecule has 0 aliphatic heterocycles. The molecule has 0 aromatic heterocycles. The van der Waals surface area contributed by atoms with Crippen molar-refractivity contribution in [2.24, 2.45) is 4.36 Å². The van der Waals surface area contributed by atoms with E-state index in [2.05, 4.69) is 16.6 Å². The molecule has 27 heavy (non-hydrogen) atoms. The molecule has 0 heterocycles. The molecule has 9 heteroatoms. The summed E-state index contributed by atoms with van der Waals surface area (Å²) in [5.41, 5.74) is 0.238. The average Bonchev–Trinajstić information content (AvgIpc) is 3.45. The van der Waals surface area contributed by atoms with Crippen molar-refractivity contribution >= 4 is 39.4 Å². The fourth-order valence-corrected chi connectivity index (χ4v) is 3.58. The molecule has 1 fully saturated rings. The third kappa shape index (κ3) is 4.84. The Labute approximate surface area is 166 Å². The molecule has 1 aliphatic carbocycles. The number of hydrogen-bond donors (Lipinski definition) is 1. The predicted octanol–water partition coefficient (Wildman–Crippen LogP) is 2.94. The third-order valence-corrected chi connectivity index (χ3v) is 5.52. The van der Waals surface area contributed by atoms with Crippen LogP contribution in [-0.4, -0.2) is 45.0 Å². The van der Waals surface area contributed by atoms with Gasteiger partial charge in [-0.1, -0.05) is 25.8 Å².